The molecule has 0 saturated carbocycles. The summed E-state index contributed by atoms with van der Waals surface area (Å²) in [5.41, 5.74) is 0.674. The predicted octanol–water partition coefficient (Wildman–Crippen LogP) is 3.92. The van der Waals surface area contributed by atoms with Gasteiger partial charge in [0.15, 0.2) is 5.78 Å². The number of ketones is 1. The lowest BCUT2D eigenvalue weighted by Crippen LogP contribution is -2.58. The lowest BCUT2D eigenvalue weighted by Gasteiger charge is -2.27. The molecule has 0 aromatic heterocycles. The van der Waals surface area contributed by atoms with Crippen LogP contribution in [0.2, 0.25) is 0 Å². The lowest BCUT2D eigenvalue weighted by atomic mass is 9.94. The molecular formula is C37H45N3O8. The second kappa shape index (κ2) is 16.4. The highest BCUT2D eigenvalue weighted by Crippen LogP contribution is 2.29. The van der Waals surface area contributed by atoms with Gasteiger partial charge in [0.2, 0.25) is 11.8 Å². The maximum Gasteiger partial charge on any atom is 0.408 e. The zero-order chi connectivity index (χ0) is 34.7. The van der Waals surface area contributed by atoms with Crippen molar-refractivity contribution in [2.45, 2.75) is 76.5 Å². The van der Waals surface area contributed by atoms with E-state index >= 15 is 0 Å². The number of rotatable bonds is 16. The fourth-order valence-corrected chi connectivity index (χ4v) is 4.93. The topological polar surface area (TPSA) is 145 Å². The predicted molar refractivity (Wildman–Crippen MR) is 179 cm³/mol. The molecule has 1 unspecified atom stereocenters. The van der Waals surface area contributed by atoms with Crippen LogP contribution in [0.25, 0.3) is 0 Å². The molecule has 3 amide bonds. The molecule has 1 fully saturated rings. The number of benzene rings is 3. The number of ether oxygens (including phenoxy) is 4. The molecule has 256 valence electrons. The van der Waals surface area contributed by atoms with E-state index in [1.165, 1.54) is 0 Å². The average Bonchev–Trinajstić information content (AvgIpc) is 3.81. The highest BCUT2D eigenvalue weighted by Gasteiger charge is 2.50. The van der Waals surface area contributed by atoms with E-state index in [0.29, 0.717) is 5.75 Å². The Morgan fingerprint density at radius 3 is 1.83 bits per heavy atom. The van der Waals surface area contributed by atoms with Crippen LogP contribution in [-0.2, 0) is 48.0 Å². The van der Waals surface area contributed by atoms with Crippen molar-refractivity contribution in [3.8, 4) is 5.75 Å². The molecule has 0 bridgehead atoms. The molecule has 48 heavy (non-hydrogen) atoms. The van der Waals surface area contributed by atoms with Gasteiger partial charge in [-0.15, -0.1) is 0 Å². The Labute approximate surface area is 281 Å². The summed E-state index contributed by atoms with van der Waals surface area (Å²) in [5, 5.41) is 8.27. The summed E-state index contributed by atoms with van der Waals surface area (Å²) in [6.45, 7) is 7.09. The minimum absolute atomic E-state index is 0.0889. The van der Waals surface area contributed by atoms with E-state index in [9.17, 15) is 19.2 Å². The molecule has 3 N–H and O–H groups in total. The number of carbonyl (C=O) groups excluding carboxylic acids is 4. The molecule has 3 aromatic carbocycles. The first-order valence-corrected chi connectivity index (χ1v) is 15.9. The van der Waals surface area contributed by atoms with Gasteiger partial charge in [-0.05, 0) is 62.9 Å². The van der Waals surface area contributed by atoms with Crippen LogP contribution in [0.5, 0.6) is 5.75 Å². The molecular weight excluding hydrogens is 614 g/mol. The molecule has 4 atom stereocenters. The van der Waals surface area contributed by atoms with Crippen molar-refractivity contribution < 1.29 is 38.1 Å². The van der Waals surface area contributed by atoms with Gasteiger partial charge in [-0.3, -0.25) is 14.4 Å². The Morgan fingerprint density at radius 1 is 0.750 bits per heavy atom. The Hall–Kier alpha value is -4.74. The van der Waals surface area contributed by atoms with Crippen LogP contribution in [-0.4, -0.2) is 73.3 Å². The van der Waals surface area contributed by atoms with E-state index in [1.54, 1.807) is 59.1 Å². The molecule has 1 aliphatic heterocycles. The molecule has 0 spiro atoms. The largest absolute Gasteiger partial charge is 0.497 e. The van der Waals surface area contributed by atoms with E-state index in [4.69, 9.17) is 18.9 Å². The SMILES string of the molecule is COc1ccc(C[C@H](NC(=O)[C@H](COCc2ccccc2)NC(=O)OC(C)(C)C)C(=O)NC(Cc2ccccc2)C(=O)[C@@]2(C)CO2)cc1. The maximum atomic E-state index is 14.0. The van der Waals surface area contributed by atoms with Crippen molar-refractivity contribution in [3.05, 3.63) is 102 Å². The first-order valence-electron chi connectivity index (χ1n) is 15.9. The Bertz CT molecular complexity index is 1520. The van der Waals surface area contributed by atoms with Crippen molar-refractivity contribution >= 4 is 23.7 Å². The summed E-state index contributed by atoms with van der Waals surface area (Å²) in [7, 11) is 1.55. The molecule has 1 aliphatic rings. The standard InChI is InChI=1S/C37H45N3O8/c1-36(2,3)48-35(44)40-31(23-46-22-27-14-10-7-11-15-27)34(43)39-30(21-26-16-18-28(45-5)19-17-26)33(42)38-29(32(41)37(4)24-47-37)20-25-12-8-6-9-13-25/h6-19,29-31H,20-24H2,1-5H3,(H,38,42)(H,39,43)(H,40,44)/t29?,30-,31-,37+/m0/s1. The van der Waals surface area contributed by atoms with Gasteiger partial charge in [-0.1, -0.05) is 72.8 Å². The quantitative estimate of drug-likeness (QED) is 0.196. The fraction of sp³-hybridized carbons (Fsp3) is 0.405. The normalized spacial score (nSPS) is 17.3. The van der Waals surface area contributed by atoms with Crippen LogP contribution in [0.3, 0.4) is 0 Å². The average molecular weight is 660 g/mol. The van der Waals surface area contributed by atoms with Gasteiger partial charge in [0.1, 0.15) is 29.0 Å². The number of hydrogen-bond acceptors (Lipinski definition) is 8. The van der Waals surface area contributed by atoms with E-state index in [-0.39, 0.29) is 38.4 Å². The molecule has 1 heterocycles. The fourth-order valence-electron chi connectivity index (χ4n) is 4.93. The summed E-state index contributed by atoms with van der Waals surface area (Å²) in [4.78, 5) is 54.1. The minimum Gasteiger partial charge on any atom is -0.497 e. The van der Waals surface area contributed by atoms with E-state index in [2.05, 4.69) is 16.0 Å². The third-order valence-electron chi connectivity index (χ3n) is 7.65. The van der Waals surface area contributed by atoms with Crippen molar-refractivity contribution in [1.29, 1.82) is 0 Å². The molecule has 0 radical (unpaired) electrons. The molecule has 1 saturated heterocycles. The van der Waals surface area contributed by atoms with Crippen LogP contribution in [0.1, 0.15) is 44.4 Å². The summed E-state index contributed by atoms with van der Waals surface area (Å²) in [5.74, 6) is -0.856. The third kappa shape index (κ3) is 11.2. The van der Waals surface area contributed by atoms with Gasteiger partial charge in [0.05, 0.1) is 33.0 Å². The number of alkyl carbamates (subject to hydrolysis) is 1. The Kier molecular flexibility index (Phi) is 12.3. The monoisotopic (exact) mass is 659 g/mol. The van der Waals surface area contributed by atoms with Crippen molar-refractivity contribution in [2.24, 2.45) is 0 Å². The third-order valence-corrected chi connectivity index (χ3v) is 7.65. The Balaban J connectivity index is 1.56. The van der Waals surface area contributed by atoms with Crippen LogP contribution in [0.15, 0.2) is 84.9 Å². The first-order chi connectivity index (χ1) is 22.8. The van der Waals surface area contributed by atoms with Crippen LogP contribution >= 0.6 is 0 Å². The van der Waals surface area contributed by atoms with Gasteiger partial charge in [0.25, 0.3) is 0 Å². The Morgan fingerprint density at radius 2 is 1.27 bits per heavy atom. The van der Waals surface area contributed by atoms with Crippen molar-refractivity contribution in [3.63, 3.8) is 0 Å². The number of methoxy groups -OCH3 is 1. The van der Waals surface area contributed by atoms with Crippen molar-refractivity contribution in [2.75, 3.05) is 20.3 Å². The molecule has 4 rings (SSSR count). The van der Waals surface area contributed by atoms with Crippen LogP contribution in [0.4, 0.5) is 4.79 Å². The van der Waals surface area contributed by atoms with E-state index in [1.807, 2.05) is 60.7 Å². The highest BCUT2D eigenvalue weighted by atomic mass is 16.6. The van der Waals surface area contributed by atoms with Gasteiger partial charge < -0.3 is 34.9 Å². The molecule has 0 aliphatic carbocycles. The van der Waals surface area contributed by atoms with Crippen LogP contribution < -0.4 is 20.7 Å². The highest BCUT2D eigenvalue weighted by molar-refractivity contribution is 5.98. The maximum absolute atomic E-state index is 14.0. The van der Waals surface area contributed by atoms with E-state index < -0.39 is 47.2 Å². The number of Topliss-reactive ketones (excluding diaryl/α,β-unsaturated/α-hetero) is 1. The second-order valence-corrected chi connectivity index (χ2v) is 12.9. The number of epoxide rings is 1. The summed E-state index contributed by atoms with van der Waals surface area (Å²) >= 11 is 0. The van der Waals surface area contributed by atoms with Gasteiger partial charge in [-0.25, -0.2) is 4.79 Å². The molecule has 11 heteroatoms. The lowest BCUT2D eigenvalue weighted by molar-refractivity contribution is -0.133. The van der Waals surface area contributed by atoms with Gasteiger partial charge >= 0.3 is 6.09 Å². The number of nitrogens with one attached hydrogen (secondary N) is 3. The zero-order valence-electron chi connectivity index (χ0n) is 28.1. The van der Waals surface area contributed by atoms with E-state index in [0.717, 1.165) is 16.7 Å². The second-order valence-electron chi connectivity index (χ2n) is 12.9. The smallest absolute Gasteiger partial charge is 0.408 e. The zero-order valence-corrected chi connectivity index (χ0v) is 28.1. The first kappa shape index (κ1) is 36.1. The number of hydrogen-bond donors (Lipinski definition) is 3. The molecule has 11 nitrogen and oxygen atoms in total. The van der Waals surface area contributed by atoms with Crippen LogP contribution in [0, 0.1) is 0 Å². The number of carbonyl (C=O) groups is 4. The minimum atomic E-state index is -1.20. The van der Waals surface area contributed by atoms with Crippen molar-refractivity contribution in [1.82, 2.24) is 16.0 Å². The molecule has 3 aromatic rings. The summed E-state index contributed by atoms with van der Waals surface area (Å²) in [6.07, 6.45) is -0.483. The van der Waals surface area contributed by atoms with Gasteiger partial charge in [0, 0.05) is 6.42 Å². The summed E-state index contributed by atoms with van der Waals surface area (Å²) < 4.78 is 21.9. The summed E-state index contributed by atoms with van der Waals surface area (Å²) in [6, 6.07) is 22.6. The number of amides is 3. The van der Waals surface area contributed by atoms with Gasteiger partial charge in [-0.2, -0.15) is 0 Å².